The van der Waals surface area contributed by atoms with Crippen molar-refractivity contribution in [2.75, 3.05) is 0 Å². The number of imidazole rings is 1. The van der Waals surface area contributed by atoms with Crippen molar-refractivity contribution >= 4 is 5.91 Å². The molecule has 3 rings (SSSR count). The van der Waals surface area contributed by atoms with Crippen molar-refractivity contribution < 1.29 is 13.6 Å². The molecule has 1 N–H and O–H groups in total. The van der Waals surface area contributed by atoms with Crippen molar-refractivity contribution in [1.82, 2.24) is 14.9 Å². The monoisotopic (exact) mass is 313 g/mol. The van der Waals surface area contributed by atoms with Crippen molar-refractivity contribution in [2.45, 2.75) is 13.0 Å². The molecule has 0 aliphatic heterocycles. The predicted molar refractivity (Wildman–Crippen MR) is 82.4 cm³/mol. The number of carbonyl (C=O) groups is 1. The lowest BCUT2D eigenvalue weighted by atomic mass is 10.1. The summed E-state index contributed by atoms with van der Waals surface area (Å²) in [6.07, 6.45) is 4.91. The van der Waals surface area contributed by atoms with Gasteiger partial charge in [0.05, 0.1) is 6.26 Å². The zero-order valence-electron chi connectivity index (χ0n) is 12.8. The Labute approximate surface area is 132 Å². The Kier molecular flexibility index (Phi) is 3.97. The number of halogens is 1. The van der Waals surface area contributed by atoms with Crippen LogP contribution in [0.5, 0.6) is 0 Å². The average molecular weight is 313 g/mol. The van der Waals surface area contributed by atoms with Gasteiger partial charge in [-0.05, 0) is 30.7 Å². The molecule has 1 amide bonds. The van der Waals surface area contributed by atoms with Crippen LogP contribution in [0.2, 0.25) is 0 Å². The van der Waals surface area contributed by atoms with Gasteiger partial charge >= 0.3 is 0 Å². The van der Waals surface area contributed by atoms with Crippen molar-refractivity contribution in [3.63, 3.8) is 0 Å². The molecular formula is C17H16FN3O2. The van der Waals surface area contributed by atoms with Crippen molar-refractivity contribution in [3.8, 4) is 0 Å². The van der Waals surface area contributed by atoms with E-state index in [1.54, 1.807) is 37.5 Å². The molecule has 0 bridgehead atoms. The highest BCUT2D eigenvalue weighted by atomic mass is 19.1. The number of nitrogens with one attached hydrogen (secondary N) is 1. The number of aromatic nitrogens is 2. The molecule has 0 aliphatic carbocycles. The molecule has 2 aromatic heterocycles. The van der Waals surface area contributed by atoms with Crippen molar-refractivity contribution in [1.29, 1.82) is 0 Å². The highest BCUT2D eigenvalue weighted by Gasteiger charge is 2.23. The maximum Gasteiger partial charge on any atom is 0.288 e. The van der Waals surface area contributed by atoms with Crippen LogP contribution < -0.4 is 5.32 Å². The summed E-state index contributed by atoms with van der Waals surface area (Å²) in [6.45, 7) is 1.80. The fraction of sp³-hybridized carbons (Fsp3) is 0.176. The Morgan fingerprint density at radius 2 is 2.04 bits per heavy atom. The van der Waals surface area contributed by atoms with Gasteiger partial charge in [-0.3, -0.25) is 4.79 Å². The number of hydrogen-bond donors (Lipinski definition) is 1. The van der Waals surface area contributed by atoms with Gasteiger partial charge < -0.3 is 14.3 Å². The van der Waals surface area contributed by atoms with Gasteiger partial charge in [0.25, 0.3) is 5.91 Å². The third-order valence-corrected chi connectivity index (χ3v) is 3.66. The Balaban J connectivity index is 1.96. The first-order valence-electron chi connectivity index (χ1n) is 7.14. The second kappa shape index (κ2) is 6.08. The van der Waals surface area contributed by atoms with Crippen LogP contribution in [0.15, 0.2) is 53.4 Å². The average Bonchev–Trinajstić information content (AvgIpc) is 3.14. The molecule has 0 saturated heterocycles. The summed E-state index contributed by atoms with van der Waals surface area (Å²) < 4.78 is 20.2. The Morgan fingerprint density at radius 3 is 2.61 bits per heavy atom. The summed E-state index contributed by atoms with van der Waals surface area (Å²) >= 11 is 0. The summed E-state index contributed by atoms with van der Waals surface area (Å²) in [7, 11) is 1.84. The zero-order valence-corrected chi connectivity index (χ0v) is 12.8. The fourth-order valence-corrected chi connectivity index (χ4v) is 2.41. The molecule has 5 nitrogen and oxygen atoms in total. The number of nitrogens with zero attached hydrogens (tertiary/aromatic N) is 2. The van der Waals surface area contributed by atoms with Gasteiger partial charge in [0.15, 0.2) is 5.76 Å². The minimum Gasteiger partial charge on any atom is -0.459 e. The Hall–Kier alpha value is -2.89. The van der Waals surface area contributed by atoms with E-state index in [9.17, 15) is 9.18 Å². The minimum absolute atomic E-state index is 0.256. The van der Waals surface area contributed by atoms with E-state index >= 15 is 0 Å². The van der Waals surface area contributed by atoms with Crippen LogP contribution in [0.4, 0.5) is 4.39 Å². The first-order valence-corrected chi connectivity index (χ1v) is 7.14. The highest BCUT2D eigenvalue weighted by molar-refractivity contribution is 5.93. The summed E-state index contributed by atoms with van der Waals surface area (Å²) in [5.74, 6) is 0.228. The number of carbonyl (C=O) groups excluding carboxylic acids is 1. The third-order valence-electron chi connectivity index (χ3n) is 3.66. The van der Waals surface area contributed by atoms with Gasteiger partial charge in [0.2, 0.25) is 0 Å². The van der Waals surface area contributed by atoms with Crippen molar-refractivity contribution in [2.24, 2.45) is 7.05 Å². The van der Waals surface area contributed by atoms with Gasteiger partial charge in [0, 0.05) is 25.0 Å². The largest absolute Gasteiger partial charge is 0.459 e. The van der Waals surface area contributed by atoms with Gasteiger partial charge in [-0.25, -0.2) is 9.37 Å². The summed E-state index contributed by atoms with van der Waals surface area (Å²) in [5, 5.41) is 2.90. The highest BCUT2D eigenvalue weighted by Crippen LogP contribution is 2.22. The molecule has 0 fully saturated rings. The lowest BCUT2D eigenvalue weighted by Gasteiger charge is -2.18. The van der Waals surface area contributed by atoms with E-state index in [2.05, 4.69) is 10.3 Å². The topological polar surface area (TPSA) is 60.1 Å². The van der Waals surface area contributed by atoms with Crippen molar-refractivity contribution in [3.05, 3.63) is 77.5 Å². The maximum atomic E-state index is 13.2. The molecule has 118 valence electrons. The van der Waals surface area contributed by atoms with Crippen LogP contribution in [-0.2, 0) is 7.05 Å². The summed E-state index contributed by atoms with van der Waals surface area (Å²) in [5.41, 5.74) is 1.48. The second-order valence-electron chi connectivity index (χ2n) is 5.29. The standard InChI is InChI=1S/C17H16FN3O2/c1-11-7-10-23-15(11)17(22)20-14(16-19-8-9-21(16)2)12-3-5-13(18)6-4-12/h3-10,14H,1-2H3,(H,20,22)/t14-/m0/s1. The molecule has 6 heteroatoms. The maximum absolute atomic E-state index is 13.2. The number of rotatable bonds is 4. The number of amides is 1. The first-order chi connectivity index (χ1) is 11.1. The van der Waals surface area contributed by atoms with Crippen LogP contribution in [-0.4, -0.2) is 15.5 Å². The molecule has 3 aromatic rings. The lowest BCUT2D eigenvalue weighted by Crippen LogP contribution is -2.31. The van der Waals surface area contributed by atoms with E-state index in [0.29, 0.717) is 5.82 Å². The predicted octanol–water partition coefficient (Wildman–Crippen LogP) is 2.98. The van der Waals surface area contributed by atoms with E-state index in [1.807, 2.05) is 11.6 Å². The molecule has 1 aromatic carbocycles. The number of aryl methyl sites for hydroxylation is 2. The van der Waals surface area contributed by atoms with Gasteiger partial charge in [-0.1, -0.05) is 12.1 Å². The van der Waals surface area contributed by atoms with E-state index in [0.717, 1.165) is 11.1 Å². The van der Waals surface area contributed by atoms with E-state index in [1.165, 1.54) is 18.4 Å². The normalized spacial score (nSPS) is 12.1. The molecule has 0 unspecified atom stereocenters. The third kappa shape index (κ3) is 3.01. The smallest absolute Gasteiger partial charge is 0.288 e. The van der Waals surface area contributed by atoms with Gasteiger partial charge in [0.1, 0.15) is 17.7 Å². The molecule has 2 heterocycles. The molecular weight excluding hydrogens is 297 g/mol. The molecule has 0 saturated carbocycles. The summed E-state index contributed by atoms with van der Waals surface area (Å²) in [6, 6.07) is 7.19. The SMILES string of the molecule is Cc1ccoc1C(=O)N[C@@H](c1ccc(F)cc1)c1nccn1C. The Bertz CT molecular complexity index is 820. The van der Waals surface area contributed by atoms with E-state index < -0.39 is 6.04 Å². The number of hydrogen-bond acceptors (Lipinski definition) is 3. The number of furan rings is 1. The number of benzene rings is 1. The minimum atomic E-state index is -0.507. The second-order valence-corrected chi connectivity index (χ2v) is 5.29. The van der Waals surface area contributed by atoms with E-state index in [-0.39, 0.29) is 17.5 Å². The van der Waals surface area contributed by atoms with Crippen LogP contribution in [0.3, 0.4) is 0 Å². The Morgan fingerprint density at radius 1 is 1.30 bits per heavy atom. The molecule has 0 aliphatic rings. The molecule has 0 radical (unpaired) electrons. The lowest BCUT2D eigenvalue weighted by molar-refractivity contribution is 0.0912. The van der Waals surface area contributed by atoms with Crippen LogP contribution in [0, 0.1) is 12.7 Å². The fourth-order valence-electron chi connectivity index (χ4n) is 2.41. The first kappa shape index (κ1) is 15.0. The van der Waals surface area contributed by atoms with E-state index in [4.69, 9.17) is 4.42 Å². The molecule has 23 heavy (non-hydrogen) atoms. The molecule has 1 atom stereocenters. The molecule has 0 spiro atoms. The quantitative estimate of drug-likeness (QED) is 0.805. The van der Waals surface area contributed by atoms with Gasteiger partial charge in [-0.2, -0.15) is 0 Å². The zero-order chi connectivity index (χ0) is 16.4. The van der Waals surface area contributed by atoms with Crippen LogP contribution in [0.25, 0.3) is 0 Å². The summed E-state index contributed by atoms with van der Waals surface area (Å²) in [4.78, 5) is 16.8. The van der Waals surface area contributed by atoms with Crippen LogP contribution in [0.1, 0.15) is 33.5 Å². The van der Waals surface area contributed by atoms with Gasteiger partial charge in [-0.15, -0.1) is 0 Å². The van der Waals surface area contributed by atoms with Crippen LogP contribution >= 0.6 is 0 Å².